The zero-order chi connectivity index (χ0) is 19.9. The maximum atomic E-state index is 14.0. The first-order valence-electron chi connectivity index (χ1n) is 8.73. The van der Waals surface area contributed by atoms with Gasteiger partial charge in [0.25, 0.3) is 0 Å². The molecule has 3 aromatic rings. The van der Waals surface area contributed by atoms with Gasteiger partial charge in [0, 0.05) is 24.0 Å². The summed E-state index contributed by atoms with van der Waals surface area (Å²) in [6, 6.07) is 13.7. The van der Waals surface area contributed by atoms with Gasteiger partial charge in [-0.25, -0.2) is 9.37 Å². The van der Waals surface area contributed by atoms with Gasteiger partial charge in [0.1, 0.15) is 18.1 Å². The van der Waals surface area contributed by atoms with Crippen LogP contribution in [0.3, 0.4) is 0 Å². The molecule has 3 rings (SSSR count). The summed E-state index contributed by atoms with van der Waals surface area (Å²) >= 11 is 0. The molecule has 0 spiro atoms. The van der Waals surface area contributed by atoms with Crippen molar-refractivity contribution in [1.29, 1.82) is 0 Å². The molecular formula is C20H22FN5O2. The summed E-state index contributed by atoms with van der Waals surface area (Å²) in [4.78, 5) is 10.2. The van der Waals surface area contributed by atoms with E-state index in [0.717, 1.165) is 24.2 Å². The van der Waals surface area contributed by atoms with Crippen LogP contribution >= 0.6 is 0 Å². The van der Waals surface area contributed by atoms with Crippen LogP contribution in [0.15, 0.2) is 54.7 Å². The lowest BCUT2D eigenvalue weighted by Gasteiger charge is -2.12. The van der Waals surface area contributed by atoms with Gasteiger partial charge in [0.2, 0.25) is 5.95 Å². The fourth-order valence-corrected chi connectivity index (χ4v) is 2.35. The Hall–Kier alpha value is -3.39. The van der Waals surface area contributed by atoms with Crippen molar-refractivity contribution < 1.29 is 14.2 Å². The van der Waals surface area contributed by atoms with Crippen LogP contribution in [0, 0.1) is 5.82 Å². The highest BCUT2D eigenvalue weighted by molar-refractivity contribution is 5.61. The maximum absolute atomic E-state index is 14.0. The van der Waals surface area contributed by atoms with E-state index in [4.69, 9.17) is 4.74 Å². The number of phenolic OH excluding ortho intramolecular Hbond substituents is 1. The molecule has 3 N–H and O–H groups in total. The molecule has 0 saturated carbocycles. The Labute approximate surface area is 162 Å². The molecule has 0 aliphatic rings. The number of nitrogens with zero attached hydrogens (tertiary/aromatic N) is 3. The summed E-state index contributed by atoms with van der Waals surface area (Å²) < 4.78 is 19.7. The van der Waals surface area contributed by atoms with Gasteiger partial charge in [-0.15, -0.1) is 0 Å². The van der Waals surface area contributed by atoms with Crippen LogP contribution in [0.1, 0.15) is 0 Å². The van der Waals surface area contributed by atoms with Crippen LogP contribution in [0.25, 0.3) is 0 Å². The van der Waals surface area contributed by atoms with Crippen LogP contribution < -0.4 is 15.4 Å². The second-order valence-electron chi connectivity index (χ2n) is 6.37. The molecule has 7 nitrogen and oxygen atoms in total. The van der Waals surface area contributed by atoms with E-state index >= 15 is 0 Å². The standard InChI is InChI=1S/C20H22FN5O2/c1-26(2)10-11-28-17-8-6-14(7-9-17)24-20-22-13-18(21)19(25-20)23-15-4-3-5-16(27)12-15/h3-9,12-13,27H,10-11H2,1-2H3,(H2,22,23,24,25). The molecule has 0 unspecified atom stereocenters. The average Bonchev–Trinajstić information content (AvgIpc) is 2.66. The number of aromatic hydroxyl groups is 1. The van der Waals surface area contributed by atoms with Crippen molar-refractivity contribution in [2.75, 3.05) is 37.9 Å². The summed E-state index contributed by atoms with van der Waals surface area (Å²) in [6.45, 7) is 1.43. The van der Waals surface area contributed by atoms with Crippen molar-refractivity contribution in [2.24, 2.45) is 0 Å². The van der Waals surface area contributed by atoms with E-state index < -0.39 is 5.82 Å². The van der Waals surface area contributed by atoms with E-state index in [9.17, 15) is 9.50 Å². The third kappa shape index (κ3) is 5.55. The fraction of sp³-hybridized carbons (Fsp3) is 0.200. The molecule has 28 heavy (non-hydrogen) atoms. The number of benzene rings is 2. The minimum atomic E-state index is -0.599. The summed E-state index contributed by atoms with van der Waals surface area (Å²) in [5.41, 5.74) is 1.26. The highest BCUT2D eigenvalue weighted by Gasteiger charge is 2.08. The van der Waals surface area contributed by atoms with E-state index in [1.54, 1.807) is 12.1 Å². The van der Waals surface area contributed by atoms with Gasteiger partial charge in [-0.05, 0) is 50.5 Å². The van der Waals surface area contributed by atoms with Crippen molar-refractivity contribution >= 4 is 23.1 Å². The Kier molecular flexibility index (Phi) is 6.23. The molecule has 0 aliphatic carbocycles. The Morgan fingerprint density at radius 1 is 1.07 bits per heavy atom. The molecule has 1 heterocycles. The molecule has 8 heteroatoms. The number of rotatable bonds is 8. The Morgan fingerprint density at radius 3 is 2.57 bits per heavy atom. The zero-order valence-electron chi connectivity index (χ0n) is 15.7. The Bertz CT molecular complexity index is 919. The van der Waals surface area contributed by atoms with Gasteiger partial charge >= 0.3 is 0 Å². The van der Waals surface area contributed by atoms with Crippen LogP contribution in [0.4, 0.5) is 27.5 Å². The fourth-order valence-electron chi connectivity index (χ4n) is 2.35. The lowest BCUT2D eigenvalue weighted by molar-refractivity contribution is 0.261. The minimum absolute atomic E-state index is 0.00624. The molecule has 0 saturated heterocycles. The van der Waals surface area contributed by atoms with E-state index in [1.807, 2.05) is 43.3 Å². The largest absolute Gasteiger partial charge is 0.508 e. The van der Waals surface area contributed by atoms with E-state index in [0.29, 0.717) is 12.3 Å². The SMILES string of the molecule is CN(C)CCOc1ccc(Nc2ncc(F)c(Nc3cccc(O)c3)n2)cc1. The van der Waals surface area contributed by atoms with Gasteiger partial charge in [0.15, 0.2) is 11.6 Å². The second-order valence-corrected chi connectivity index (χ2v) is 6.37. The first kappa shape index (κ1) is 19.4. The molecule has 0 amide bonds. The molecule has 0 radical (unpaired) electrons. The number of halogens is 1. The van der Waals surface area contributed by atoms with Crippen LogP contribution in [0.2, 0.25) is 0 Å². The molecule has 146 valence electrons. The number of nitrogens with one attached hydrogen (secondary N) is 2. The predicted octanol–water partition coefficient (Wildman–Crippen LogP) is 3.75. The first-order chi connectivity index (χ1) is 13.5. The van der Waals surface area contributed by atoms with E-state index in [-0.39, 0.29) is 17.5 Å². The zero-order valence-corrected chi connectivity index (χ0v) is 15.7. The maximum Gasteiger partial charge on any atom is 0.229 e. The normalized spacial score (nSPS) is 10.7. The number of phenols is 1. The van der Waals surface area contributed by atoms with Gasteiger partial charge in [-0.2, -0.15) is 4.98 Å². The van der Waals surface area contributed by atoms with Crippen LogP contribution in [-0.2, 0) is 0 Å². The van der Waals surface area contributed by atoms with Crippen molar-refractivity contribution in [2.45, 2.75) is 0 Å². The molecular weight excluding hydrogens is 361 g/mol. The molecule has 1 aromatic heterocycles. The lowest BCUT2D eigenvalue weighted by Crippen LogP contribution is -2.19. The molecule has 0 fully saturated rings. The summed E-state index contributed by atoms with van der Waals surface area (Å²) in [7, 11) is 3.98. The minimum Gasteiger partial charge on any atom is -0.508 e. The highest BCUT2D eigenvalue weighted by Crippen LogP contribution is 2.23. The van der Waals surface area contributed by atoms with Crippen LogP contribution in [-0.4, -0.2) is 47.2 Å². The summed E-state index contributed by atoms with van der Waals surface area (Å²) in [6.07, 6.45) is 1.08. The van der Waals surface area contributed by atoms with Crippen molar-refractivity contribution in [3.8, 4) is 11.5 Å². The lowest BCUT2D eigenvalue weighted by atomic mass is 10.3. The number of aromatic nitrogens is 2. The third-order valence-electron chi connectivity index (χ3n) is 3.77. The second kappa shape index (κ2) is 9.01. The average molecular weight is 383 g/mol. The quantitative estimate of drug-likeness (QED) is 0.546. The first-order valence-corrected chi connectivity index (χ1v) is 8.73. The number of likely N-dealkylation sites (N-methyl/N-ethyl adjacent to an activating group) is 1. The van der Waals surface area contributed by atoms with E-state index in [2.05, 4.69) is 20.6 Å². The van der Waals surface area contributed by atoms with E-state index in [1.165, 1.54) is 12.1 Å². The topological polar surface area (TPSA) is 82.5 Å². The highest BCUT2D eigenvalue weighted by atomic mass is 19.1. The van der Waals surface area contributed by atoms with Crippen molar-refractivity contribution in [1.82, 2.24) is 14.9 Å². The number of ether oxygens (including phenoxy) is 1. The van der Waals surface area contributed by atoms with Gasteiger partial charge < -0.3 is 25.4 Å². The number of hydrogen-bond donors (Lipinski definition) is 3. The van der Waals surface area contributed by atoms with Crippen molar-refractivity contribution in [3.05, 3.63) is 60.5 Å². The smallest absolute Gasteiger partial charge is 0.229 e. The van der Waals surface area contributed by atoms with Crippen LogP contribution in [0.5, 0.6) is 11.5 Å². The molecule has 0 bridgehead atoms. The van der Waals surface area contributed by atoms with Gasteiger partial charge in [-0.1, -0.05) is 6.07 Å². The predicted molar refractivity (Wildman–Crippen MR) is 107 cm³/mol. The third-order valence-corrected chi connectivity index (χ3v) is 3.77. The monoisotopic (exact) mass is 383 g/mol. The van der Waals surface area contributed by atoms with Gasteiger partial charge in [0.05, 0.1) is 6.20 Å². The Balaban J connectivity index is 1.66. The molecule has 0 atom stereocenters. The van der Waals surface area contributed by atoms with Crippen molar-refractivity contribution in [3.63, 3.8) is 0 Å². The number of hydrogen-bond acceptors (Lipinski definition) is 7. The summed E-state index contributed by atoms with van der Waals surface area (Å²) in [5.74, 6) is 0.486. The summed E-state index contributed by atoms with van der Waals surface area (Å²) in [5, 5.41) is 15.4. The van der Waals surface area contributed by atoms with Gasteiger partial charge in [-0.3, -0.25) is 0 Å². The molecule has 0 aliphatic heterocycles. The molecule has 2 aromatic carbocycles. The number of anilines is 4. The Morgan fingerprint density at radius 2 is 1.86 bits per heavy atom.